The van der Waals surface area contributed by atoms with E-state index in [1.54, 1.807) is 19.2 Å². The Labute approximate surface area is 146 Å². The Morgan fingerprint density at radius 1 is 1.24 bits per heavy atom. The summed E-state index contributed by atoms with van der Waals surface area (Å²) in [6.45, 7) is 3.06. The topological polar surface area (TPSA) is 92.9 Å². The highest BCUT2D eigenvalue weighted by Gasteiger charge is 2.44. The maximum absolute atomic E-state index is 12.9. The molecule has 0 bridgehead atoms. The number of rotatable bonds is 4. The summed E-state index contributed by atoms with van der Waals surface area (Å²) in [6.07, 6.45) is 1.42. The van der Waals surface area contributed by atoms with Crippen molar-refractivity contribution in [3.63, 3.8) is 0 Å². The third-order valence-electron chi connectivity index (χ3n) is 5.15. The molecule has 2 saturated heterocycles. The molecule has 2 aliphatic rings. The van der Waals surface area contributed by atoms with Crippen molar-refractivity contribution in [2.75, 3.05) is 25.1 Å². The number of imide groups is 1. The normalized spacial score (nSPS) is 22.5. The molecule has 3 amide bonds. The van der Waals surface area contributed by atoms with E-state index in [-0.39, 0.29) is 30.1 Å². The molecule has 2 fully saturated rings. The minimum absolute atomic E-state index is 0.139. The van der Waals surface area contributed by atoms with Crippen molar-refractivity contribution in [3.05, 3.63) is 23.8 Å². The lowest BCUT2D eigenvalue weighted by atomic mass is 9.95. The first-order valence-corrected chi connectivity index (χ1v) is 8.47. The summed E-state index contributed by atoms with van der Waals surface area (Å²) in [5.41, 5.74) is 6.78. The summed E-state index contributed by atoms with van der Waals surface area (Å²) < 4.78 is 5.21. The zero-order valence-electron chi connectivity index (χ0n) is 14.5. The van der Waals surface area contributed by atoms with Crippen molar-refractivity contribution >= 4 is 23.4 Å². The third kappa shape index (κ3) is 3.24. The largest absolute Gasteiger partial charge is 0.497 e. The molecule has 0 radical (unpaired) electrons. The number of hydrogen-bond donors (Lipinski definition) is 1. The molecule has 2 heterocycles. The molecule has 3 rings (SSSR count). The van der Waals surface area contributed by atoms with Crippen molar-refractivity contribution < 1.29 is 19.1 Å². The first kappa shape index (κ1) is 17.4. The van der Waals surface area contributed by atoms with Crippen LogP contribution < -0.4 is 15.4 Å². The number of likely N-dealkylation sites (tertiary alicyclic amines) is 1. The molecule has 0 aliphatic carbocycles. The Morgan fingerprint density at radius 2 is 1.92 bits per heavy atom. The van der Waals surface area contributed by atoms with Crippen LogP contribution in [0.5, 0.6) is 5.75 Å². The minimum atomic E-state index is -0.466. The van der Waals surface area contributed by atoms with Crippen molar-refractivity contribution in [2.45, 2.75) is 32.2 Å². The summed E-state index contributed by atoms with van der Waals surface area (Å²) >= 11 is 0. The van der Waals surface area contributed by atoms with Gasteiger partial charge in [-0.3, -0.25) is 19.3 Å². The number of anilines is 1. The fourth-order valence-corrected chi connectivity index (χ4v) is 3.61. The van der Waals surface area contributed by atoms with Gasteiger partial charge in [-0.2, -0.15) is 0 Å². The van der Waals surface area contributed by atoms with E-state index in [0.29, 0.717) is 37.4 Å². The molecule has 1 aromatic rings. The SMILES string of the molecule is COc1ccc(C)c(N2C(=O)C[C@@H](N3CCC(C(N)=O)CC3)C2=O)c1. The highest BCUT2D eigenvalue weighted by atomic mass is 16.5. The van der Waals surface area contributed by atoms with Gasteiger partial charge in [-0.25, -0.2) is 4.90 Å². The zero-order valence-corrected chi connectivity index (χ0v) is 14.5. The predicted molar refractivity (Wildman–Crippen MR) is 92.1 cm³/mol. The van der Waals surface area contributed by atoms with Gasteiger partial charge >= 0.3 is 0 Å². The summed E-state index contributed by atoms with van der Waals surface area (Å²) in [4.78, 5) is 40.0. The van der Waals surface area contributed by atoms with Gasteiger partial charge in [0.15, 0.2) is 0 Å². The van der Waals surface area contributed by atoms with Crippen LogP contribution in [0.15, 0.2) is 18.2 Å². The highest BCUT2D eigenvalue weighted by molar-refractivity contribution is 6.22. The lowest BCUT2D eigenvalue weighted by Crippen LogP contribution is -2.47. The standard InChI is InChI=1S/C18H23N3O4/c1-11-3-4-13(25-2)9-14(11)21-16(22)10-15(18(21)24)20-7-5-12(6-8-20)17(19)23/h3-4,9,12,15H,5-8,10H2,1-2H3,(H2,19,23)/t15-/m1/s1. The van der Waals surface area contributed by atoms with Gasteiger partial charge in [-0.05, 0) is 44.5 Å². The Morgan fingerprint density at radius 3 is 2.52 bits per heavy atom. The number of methoxy groups -OCH3 is 1. The van der Waals surface area contributed by atoms with Crippen LogP contribution in [0.2, 0.25) is 0 Å². The second kappa shape index (κ2) is 6.84. The van der Waals surface area contributed by atoms with E-state index in [4.69, 9.17) is 10.5 Å². The number of nitrogens with two attached hydrogens (primary N) is 1. The summed E-state index contributed by atoms with van der Waals surface area (Å²) in [7, 11) is 1.55. The molecule has 134 valence electrons. The number of hydrogen-bond acceptors (Lipinski definition) is 5. The molecule has 0 spiro atoms. The van der Waals surface area contributed by atoms with Crippen LogP contribution in [-0.2, 0) is 14.4 Å². The van der Waals surface area contributed by atoms with E-state index < -0.39 is 6.04 Å². The fourth-order valence-electron chi connectivity index (χ4n) is 3.61. The van der Waals surface area contributed by atoms with Crippen LogP contribution in [0.25, 0.3) is 0 Å². The molecule has 7 heteroatoms. The molecule has 0 saturated carbocycles. The number of amides is 3. The summed E-state index contributed by atoms with van der Waals surface area (Å²) in [6, 6.07) is 4.88. The van der Waals surface area contributed by atoms with Crippen molar-refractivity contribution in [1.29, 1.82) is 0 Å². The number of piperidine rings is 1. The van der Waals surface area contributed by atoms with E-state index in [2.05, 4.69) is 0 Å². The summed E-state index contributed by atoms with van der Waals surface area (Å²) in [5, 5.41) is 0. The summed E-state index contributed by atoms with van der Waals surface area (Å²) in [5.74, 6) is -0.239. The number of ether oxygens (including phenoxy) is 1. The molecular weight excluding hydrogens is 322 g/mol. The lowest BCUT2D eigenvalue weighted by Gasteiger charge is -2.33. The zero-order chi connectivity index (χ0) is 18.1. The van der Waals surface area contributed by atoms with Crippen molar-refractivity contribution in [2.24, 2.45) is 11.7 Å². The highest BCUT2D eigenvalue weighted by Crippen LogP contribution is 2.32. The molecule has 2 aliphatic heterocycles. The van der Waals surface area contributed by atoms with Crippen molar-refractivity contribution in [3.8, 4) is 5.75 Å². The number of carbonyl (C=O) groups is 3. The van der Waals surface area contributed by atoms with Gasteiger partial charge in [0.25, 0.3) is 5.91 Å². The van der Waals surface area contributed by atoms with Gasteiger partial charge in [0.1, 0.15) is 5.75 Å². The predicted octanol–water partition coefficient (Wildman–Crippen LogP) is 0.833. The van der Waals surface area contributed by atoms with Crippen LogP contribution in [0.3, 0.4) is 0 Å². The van der Waals surface area contributed by atoms with Gasteiger partial charge in [-0.1, -0.05) is 6.07 Å². The molecule has 2 N–H and O–H groups in total. The molecule has 7 nitrogen and oxygen atoms in total. The molecular formula is C18H23N3O4. The monoisotopic (exact) mass is 345 g/mol. The van der Waals surface area contributed by atoms with E-state index in [0.717, 1.165) is 5.56 Å². The molecule has 1 aromatic carbocycles. The van der Waals surface area contributed by atoms with Gasteiger partial charge < -0.3 is 10.5 Å². The average Bonchev–Trinajstić information content (AvgIpc) is 2.90. The quantitative estimate of drug-likeness (QED) is 0.816. The second-order valence-electron chi connectivity index (χ2n) is 6.65. The van der Waals surface area contributed by atoms with Crippen LogP contribution >= 0.6 is 0 Å². The number of carbonyl (C=O) groups excluding carboxylic acids is 3. The van der Waals surface area contributed by atoms with E-state index >= 15 is 0 Å². The Hall–Kier alpha value is -2.41. The first-order valence-electron chi connectivity index (χ1n) is 8.47. The second-order valence-corrected chi connectivity index (χ2v) is 6.65. The van der Waals surface area contributed by atoms with Crippen LogP contribution in [0.4, 0.5) is 5.69 Å². The molecule has 0 unspecified atom stereocenters. The Bertz CT molecular complexity index is 710. The number of benzene rings is 1. The minimum Gasteiger partial charge on any atom is -0.497 e. The molecule has 0 aromatic heterocycles. The van der Waals surface area contributed by atoms with Gasteiger partial charge in [0.2, 0.25) is 11.8 Å². The third-order valence-corrected chi connectivity index (χ3v) is 5.15. The van der Waals surface area contributed by atoms with Crippen LogP contribution in [0.1, 0.15) is 24.8 Å². The van der Waals surface area contributed by atoms with Gasteiger partial charge in [-0.15, -0.1) is 0 Å². The van der Waals surface area contributed by atoms with Gasteiger partial charge in [0, 0.05) is 12.0 Å². The average molecular weight is 345 g/mol. The first-order chi connectivity index (χ1) is 11.9. The fraction of sp³-hybridized carbons (Fsp3) is 0.500. The Balaban J connectivity index is 1.78. The van der Waals surface area contributed by atoms with E-state index in [1.807, 2.05) is 17.9 Å². The van der Waals surface area contributed by atoms with Crippen LogP contribution in [-0.4, -0.2) is 48.9 Å². The maximum atomic E-state index is 12.9. The van der Waals surface area contributed by atoms with Crippen LogP contribution in [0, 0.1) is 12.8 Å². The maximum Gasteiger partial charge on any atom is 0.251 e. The smallest absolute Gasteiger partial charge is 0.251 e. The Kier molecular flexibility index (Phi) is 4.76. The van der Waals surface area contributed by atoms with E-state index in [1.165, 1.54) is 4.90 Å². The number of primary amides is 1. The number of nitrogens with zero attached hydrogens (tertiary/aromatic N) is 2. The van der Waals surface area contributed by atoms with Crippen molar-refractivity contribution in [1.82, 2.24) is 4.90 Å². The van der Waals surface area contributed by atoms with Gasteiger partial charge in [0.05, 0.1) is 25.3 Å². The van der Waals surface area contributed by atoms with E-state index in [9.17, 15) is 14.4 Å². The molecule has 1 atom stereocenters. The lowest BCUT2D eigenvalue weighted by molar-refractivity contribution is -0.124. The molecule has 25 heavy (non-hydrogen) atoms. The number of aryl methyl sites for hydroxylation is 1.